The number of hydrogen-bond acceptors (Lipinski definition) is 4. The Morgan fingerprint density at radius 3 is 2.60 bits per heavy atom. The number of benzene rings is 2. The molecule has 1 atom stereocenters. The molecule has 0 fully saturated rings. The van der Waals surface area contributed by atoms with E-state index in [1.807, 2.05) is 56.6 Å². The summed E-state index contributed by atoms with van der Waals surface area (Å²) in [5.41, 5.74) is 2.65. The van der Waals surface area contributed by atoms with Crippen molar-refractivity contribution < 1.29 is 9.21 Å². The molecule has 5 heteroatoms. The third-order valence-corrected chi connectivity index (χ3v) is 3.97. The number of carbonyl (C=O) groups excluding carboxylic acids is 1. The maximum absolute atomic E-state index is 12.1. The number of nitrogens with zero attached hydrogens (tertiary/aromatic N) is 2. The predicted octanol–water partition coefficient (Wildman–Crippen LogP) is 3.26. The van der Waals surface area contributed by atoms with Crippen molar-refractivity contribution in [1.82, 2.24) is 15.2 Å². The highest BCUT2D eigenvalue weighted by molar-refractivity contribution is 5.91. The van der Waals surface area contributed by atoms with E-state index in [1.54, 1.807) is 6.08 Å². The van der Waals surface area contributed by atoms with E-state index < -0.39 is 0 Å². The quantitative estimate of drug-likeness (QED) is 0.703. The number of hydrogen-bond donors (Lipinski definition) is 1. The number of oxazole rings is 1. The van der Waals surface area contributed by atoms with Gasteiger partial charge in [0.1, 0.15) is 5.52 Å². The molecule has 0 saturated carbocycles. The molecule has 0 spiro atoms. The second-order valence-electron chi connectivity index (χ2n) is 5.99. The van der Waals surface area contributed by atoms with E-state index in [0.29, 0.717) is 18.0 Å². The topological polar surface area (TPSA) is 58.4 Å². The molecule has 3 aromatic rings. The minimum absolute atomic E-state index is 0.114. The van der Waals surface area contributed by atoms with Crippen molar-refractivity contribution in [3.05, 3.63) is 72.1 Å². The average molecular weight is 335 g/mol. The Labute approximate surface area is 147 Å². The van der Waals surface area contributed by atoms with E-state index in [2.05, 4.69) is 27.3 Å². The molecule has 5 nitrogen and oxygen atoms in total. The fraction of sp³-hybridized carbons (Fsp3) is 0.200. The zero-order valence-electron chi connectivity index (χ0n) is 14.3. The molecule has 1 amide bonds. The maximum Gasteiger partial charge on any atom is 0.244 e. The molecule has 0 bridgehead atoms. The molecule has 2 aromatic carbocycles. The highest BCUT2D eigenvalue weighted by Crippen LogP contribution is 2.17. The lowest BCUT2D eigenvalue weighted by molar-refractivity contribution is -0.116. The summed E-state index contributed by atoms with van der Waals surface area (Å²) in [5.74, 6) is 0.244. The van der Waals surface area contributed by atoms with Crippen molar-refractivity contribution in [2.45, 2.75) is 6.04 Å². The van der Waals surface area contributed by atoms with E-state index in [1.165, 1.54) is 6.08 Å². The van der Waals surface area contributed by atoms with E-state index in [4.69, 9.17) is 4.42 Å². The minimum atomic E-state index is -0.176. The molecule has 0 aliphatic carbocycles. The van der Waals surface area contributed by atoms with Crippen LogP contribution in [0.1, 0.15) is 17.5 Å². The van der Waals surface area contributed by atoms with Crippen LogP contribution in [0.3, 0.4) is 0 Å². The van der Waals surface area contributed by atoms with Gasteiger partial charge in [0.15, 0.2) is 5.58 Å². The molecule has 0 radical (unpaired) electrons. The van der Waals surface area contributed by atoms with Crippen molar-refractivity contribution >= 4 is 23.1 Å². The monoisotopic (exact) mass is 335 g/mol. The van der Waals surface area contributed by atoms with Crippen molar-refractivity contribution in [3.8, 4) is 0 Å². The molecule has 1 N–H and O–H groups in total. The van der Waals surface area contributed by atoms with Crippen LogP contribution in [0, 0.1) is 0 Å². The van der Waals surface area contributed by atoms with Gasteiger partial charge in [0.2, 0.25) is 11.8 Å². The molecule has 0 aliphatic heterocycles. The van der Waals surface area contributed by atoms with E-state index >= 15 is 0 Å². The van der Waals surface area contributed by atoms with Crippen molar-refractivity contribution in [3.63, 3.8) is 0 Å². The number of carbonyl (C=O) groups is 1. The van der Waals surface area contributed by atoms with Crippen molar-refractivity contribution in [1.29, 1.82) is 0 Å². The highest BCUT2D eigenvalue weighted by atomic mass is 16.3. The second kappa shape index (κ2) is 7.77. The molecule has 1 heterocycles. The van der Waals surface area contributed by atoms with Gasteiger partial charge in [0.25, 0.3) is 0 Å². The highest BCUT2D eigenvalue weighted by Gasteiger charge is 2.14. The number of aromatic nitrogens is 1. The first-order chi connectivity index (χ1) is 12.1. The number of amides is 1. The first-order valence-corrected chi connectivity index (χ1v) is 8.16. The molecule has 25 heavy (non-hydrogen) atoms. The molecule has 3 rings (SSSR count). The SMILES string of the molecule is CN(C)C(CNC(=O)/C=C/c1nc2ccccc2o1)c1ccccc1. The van der Waals surface area contributed by atoms with Crippen LogP contribution in [0.5, 0.6) is 0 Å². The number of likely N-dealkylation sites (N-methyl/N-ethyl adjacent to an activating group) is 1. The zero-order valence-corrected chi connectivity index (χ0v) is 14.3. The Kier molecular flexibility index (Phi) is 5.26. The number of para-hydroxylation sites is 2. The first-order valence-electron chi connectivity index (χ1n) is 8.16. The summed E-state index contributed by atoms with van der Waals surface area (Å²) in [6.07, 6.45) is 3.03. The van der Waals surface area contributed by atoms with Gasteiger partial charge in [-0.3, -0.25) is 4.79 Å². The van der Waals surface area contributed by atoms with Gasteiger partial charge in [-0.15, -0.1) is 0 Å². The lowest BCUT2D eigenvalue weighted by atomic mass is 10.1. The molecular weight excluding hydrogens is 314 g/mol. The summed E-state index contributed by atoms with van der Waals surface area (Å²) in [7, 11) is 4.00. The Morgan fingerprint density at radius 2 is 1.88 bits per heavy atom. The summed E-state index contributed by atoms with van der Waals surface area (Å²) >= 11 is 0. The van der Waals surface area contributed by atoms with E-state index in [9.17, 15) is 4.79 Å². The molecule has 1 aromatic heterocycles. The molecule has 0 aliphatic rings. The van der Waals surface area contributed by atoms with Crippen LogP contribution < -0.4 is 5.32 Å². The van der Waals surface area contributed by atoms with Gasteiger partial charge in [-0.05, 0) is 31.8 Å². The van der Waals surface area contributed by atoms with Gasteiger partial charge < -0.3 is 14.6 Å². The van der Waals surface area contributed by atoms with Crippen LogP contribution >= 0.6 is 0 Å². The standard InChI is InChI=1S/C20H21N3O2/c1-23(2)17(15-8-4-3-5-9-15)14-21-19(24)12-13-20-22-16-10-6-7-11-18(16)25-20/h3-13,17H,14H2,1-2H3,(H,21,24)/b13-12+. The average Bonchev–Trinajstić information content (AvgIpc) is 3.04. The molecule has 128 valence electrons. The first kappa shape index (κ1) is 16.9. The van der Waals surface area contributed by atoms with Gasteiger partial charge >= 0.3 is 0 Å². The number of nitrogens with one attached hydrogen (secondary N) is 1. The Balaban J connectivity index is 1.61. The van der Waals surface area contributed by atoms with Gasteiger partial charge in [0, 0.05) is 18.7 Å². The van der Waals surface area contributed by atoms with E-state index in [-0.39, 0.29) is 11.9 Å². The van der Waals surface area contributed by atoms with Crippen molar-refractivity contribution in [2.24, 2.45) is 0 Å². The molecular formula is C20H21N3O2. The number of fused-ring (bicyclic) bond motifs is 1. The second-order valence-corrected chi connectivity index (χ2v) is 5.99. The largest absolute Gasteiger partial charge is 0.437 e. The fourth-order valence-electron chi connectivity index (χ4n) is 2.64. The smallest absolute Gasteiger partial charge is 0.244 e. The summed E-state index contributed by atoms with van der Waals surface area (Å²) in [5, 5.41) is 2.93. The lowest BCUT2D eigenvalue weighted by Crippen LogP contribution is -2.33. The van der Waals surface area contributed by atoms with Crippen LogP contribution in [-0.2, 0) is 4.79 Å². The predicted molar refractivity (Wildman–Crippen MR) is 98.9 cm³/mol. The van der Waals surface area contributed by atoms with Crippen LogP contribution in [-0.4, -0.2) is 36.4 Å². The molecule has 0 saturated heterocycles. The fourth-order valence-corrected chi connectivity index (χ4v) is 2.64. The summed E-state index contributed by atoms with van der Waals surface area (Å²) < 4.78 is 5.57. The van der Waals surface area contributed by atoms with Gasteiger partial charge in [0.05, 0.1) is 6.04 Å². The van der Waals surface area contributed by atoms with Crippen LogP contribution in [0.2, 0.25) is 0 Å². The van der Waals surface area contributed by atoms with Crippen LogP contribution in [0.15, 0.2) is 65.1 Å². The van der Waals surface area contributed by atoms with E-state index in [0.717, 1.165) is 11.1 Å². The van der Waals surface area contributed by atoms with Gasteiger partial charge in [-0.25, -0.2) is 4.98 Å². The summed E-state index contributed by atoms with van der Waals surface area (Å²) in [6, 6.07) is 17.7. The molecule has 1 unspecified atom stereocenters. The van der Waals surface area contributed by atoms with Gasteiger partial charge in [-0.2, -0.15) is 0 Å². The number of rotatable bonds is 6. The summed E-state index contributed by atoms with van der Waals surface area (Å²) in [4.78, 5) is 18.5. The minimum Gasteiger partial charge on any atom is -0.437 e. The van der Waals surface area contributed by atoms with Crippen LogP contribution in [0.25, 0.3) is 17.2 Å². The summed E-state index contributed by atoms with van der Waals surface area (Å²) in [6.45, 7) is 0.522. The van der Waals surface area contributed by atoms with Crippen LogP contribution in [0.4, 0.5) is 0 Å². The zero-order chi connectivity index (χ0) is 17.6. The third kappa shape index (κ3) is 4.33. The Hall–Kier alpha value is -2.92. The maximum atomic E-state index is 12.1. The third-order valence-electron chi connectivity index (χ3n) is 3.97. The Bertz CT molecular complexity index is 836. The Morgan fingerprint density at radius 1 is 1.16 bits per heavy atom. The normalized spacial score (nSPS) is 12.8. The lowest BCUT2D eigenvalue weighted by Gasteiger charge is -2.24. The van der Waals surface area contributed by atoms with Crippen molar-refractivity contribution in [2.75, 3.05) is 20.6 Å². The van der Waals surface area contributed by atoms with Gasteiger partial charge in [-0.1, -0.05) is 42.5 Å².